The van der Waals surface area contributed by atoms with Gasteiger partial charge in [-0.05, 0) is 51.8 Å². The van der Waals surface area contributed by atoms with Gasteiger partial charge in [0, 0.05) is 30.7 Å². The Kier molecular flexibility index (Phi) is 5.37. The highest BCUT2D eigenvalue weighted by molar-refractivity contribution is 5.27. The molecule has 0 saturated carbocycles. The van der Waals surface area contributed by atoms with Crippen molar-refractivity contribution >= 4 is 0 Å². The van der Waals surface area contributed by atoms with E-state index in [0.717, 1.165) is 32.7 Å². The summed E-state index contributed by atoms with van der Waals surface area (Å²) >= 11 is 0. The largest absolute Gasteiger partial charge is 0.380 e. The molecule has 0 amide bonds. The lowest BCUT2D eigenvalue weighted by Crippen LogP contribution is -2.41. The Morgan fingerprint density at radius 1 is 1.17 bits per heavy atom. The molecular weight excluding hydrogens is 286 g/mol. The van der Waals surface area contributed by atoms with E-state index in [-0.39, 0.29) is 5.41 Å². The highest BCUT2D eigenvalue weighted by Crippen LogP contribution is 2.34. The first-order valence-electron chi connectivity index (χ1n) is 8.94. The van der Waals surface area contributed by atoms with Crippen LogP contribution in [-0.2, 0) is 10.2 Å². The number of hydrogen-bond donors (Lipinski definition) is 2. The molecule has 2 fully saturated rings. The van der Waals surface area contributed by atoms with E-state index in [1.807, 2.05) is 0 Å². The summed E-state index contributed by atoms with van der Waals surface area (Å²) in [5, 5.41) is 0. The van der Waals surface area contributed by atoms with Gasteiger partial charge in [0.15, 0.2) is 0 Å². The SMILES string of the molecule is CC1NNC(C)C1CCN(C)CC1(c2ccccc2)CCOC1. The van der Waals surface area contributed by atoms with E-state index in [4.69, 9.17) is 4.74 Å². The van der Waals surface area contributed by atoms with Gasteiger partial charge in [-0.3, -0.25) is 10.9 Å². The van der Waals surface area contributed by atoms with Gasteiger partial charge in [-0.1, -0.05) is 30.3 Å². The van der Waals surface area contributed by atoms with Gasteiger partial charge in [0.2, 0.25) is 0 Å². The van der Waals surface area contributed by atoms with Gasteiger partial charge >= 0.3 is 0 Å². The van der Waals surface area contributed by atoms with Crippen LogP contribution in [0.5, 0.6) is 0 Å². The lowest BCUT2D eigenvalue weighted by molar-refractivity contribution is 0.156. The second kappa shape index (κ2) is 7.31. The molecule has 1 aromatic rings. The Labute approximate surface area is 140 Å². The molecule has 2 heterocycles. The van der Waals surface area contributed by atoms with Crippen LogP contribution < -0.4 is 10.9 Å². The molecule has 2 N–H and O–H groups in total. The van der Waals surface area contributed by atoms with Crippen molar-refractivity contribution in [2.75, 3.05) is 33.4 Å². The fraction of sp³-hybridized carbons (Fsp3) is 0.684. The number of nitrogens with zero attached hydrogens (tertiary/aromatic N) is 1. The third-order valence-corrected chi connectivity index (χ3v) is 5.73. The summed E-state index contributed by atoms with van der Waals surface area (Å²) in [6.45, 7) is 8.49. The summed E-state index contributed by atoms with van der Waals surface area (Å²) in [6, 6.07) is 12.0. The average molecular weight is 317 g/mol. The summed E-state index contributed by atoms with van der Waals surface area (Å²) in [4.78, 5) is 2.50. The minimum Gasteiger partial charge on any atom is -0.380 e. The van der Waals surface area contributed by atoms with Gasteiger partial charge in [0.1, 0.15) is 0 Å². The lowest BCUT2D eigenvalue weighted by Gasteiger charge is -2.33. The number of hydrogen-bond acceptors (Lipinski definition) is 4. The fourth-order valence-corrected chi connectivity index (χ4v) is 4.22. The van der Waals surface area contributed by atoms with Gasteiger partial charge in [-0.2, -0.15) is 0 Å². The second-order valence-electron chi connectivity index (χ2n) is 7.51. The van der Waals surface area contributed by atoms with E-state index >= 15 is 0 Å². The Bertz CT molecular complexity index is 477. The molecule has 3 unspecified atom stereocenters. The van der Waals surface area contributed by atoms with Gasteiger partial charge in [-0.15, -0.1) is 0 Å². The Hall–Kier alpha value is -0.940. The summed E-state index contributed by atoms with van der Waals surface area (Å²) < 4.78 is 5.78. The Balaban J connectivity index is 1.60. The minimum atomic E-state index is 0.166. The maximum Gasteiger partial charge on any atom is 0.0576 e. The molecule has 3 rings (SSSR count). The third kappa shape index (κ3) is 3.77. The molecule has 23 heavy (non-hydrogen) atoms. The summed E-state index contributed by atoms with van der Waals surface area (Å²) in [5.74, 6) is 0.699. The highest BCUT2D eigenvalue weighted by atomic mass is 16.5. The normalized spacial score (nSPS) is 34.3. The Morgan fingerprint density at radius 3 is 2.48 bits per heavy atom. The maximum atomic E-state index is 5.78. The van der Waals surface area contributed by atoms with Crippen molar-refractivity contribution in [1.29, 1.82) is 0 Å². The third-order valence-electron chi connectivity index (χ3n) is 5.73. The molecule has 2 saturated heterocycles. The van der Waals surface area contributed by atoms with E-state index in [1.165, 1.54) is 12.0 Å². The van der Waals surface area contributed by atoms with Crippen molar-refractivity contribution in [2.24, 2.45) is 5.92 Å². The van der Waals surface area contributed by atoms with Gasteiger partial charge in [-0.25, -0.2) is 0 Å². The molecule has 1 aromatic carbocycles. The first kappa shape index (κ1) is 16.9. The van der Waals surface area contributed by atoms with E-state index < -0.39 is 0 Å². The molecule has 0 spiro atoms. The van der Waals surface area contributed by atoms with Crippen LogP contribution in [0.4, 0.5) is 0 Å². The topological polar surface area (TPSA) is 36.5 Å². The molecule has 4 nitrogen and oxygen atoms in total. The van der Waals surface area contributed by atoms with Crippen molar-refractivity contribution < 1.29 is 4.74 Å². The number of benzene rings is 1. The number of ether oxygens (including phenoxy) is 1. The average Bonchev–Trinajstić information content (AvgIpc) is 3.15. The number of nitrogens with one attached hydrogen (secondary N) is 2. The fourth-order valence-electron chi connectivity index (χ4n) is 4.22. The van der Waals surface area contributed by atoms with Crippen molar-refractivity contribution in [3.63, 3.8) is 0 Å². The summed E-state index contributed by atoms with van der Waals surface area (Å²) in [6.07, 6.45) is 2.35. The van der Waals surface area contributed by atoms with Gasteiger partial charge < -0.3 is 9.64 Å². The second-order valence-corrected chi connectivity index (χ2v) is 7.51. The highest BCUT2D eigenvalue weighted by Gasteiger charge is 2.38. The smallest absolute Gasteiger partial charge is 0.0576 e. The molecule has 2 aliphatic rings. The molecule has 0 radical (unpaired) electrons. The monoisotopic (exact) mass is 317 g/mol. The predicted octanol–water partition coefficient (Wildman–Crippen LogP) is 2.17. The van der Waals surface area contributed by atoms with Crippen LogP contribution in [0.3, 0.4) is 0 Å². The molecule has 4 heteroatoms. The zero-order valence-electron chi connectivity index (χ0n) is 14.7. The minimum absolute atomic E-state index is 0.166. The van der Waals surface area contributed by atoms with Gasteiger partial charge in [0.25, 0.3) is 0 Å². The van der Waals surface area contributed by atoms with Crippen LogP contribution in [0.1, 0.15) is 32.3 Å². The van der Waals surface area contributed by atoms with E-state index in [1.54, 1.807) is 0 Å². The molecule has 3 atom stereocenters. The standard InChI is InChI=1S/C19H31N3O/c1-15-18(16(2)21-20-15)9-11-22(3)13-19(10-12-23-14-19)17-7-5-4-6-8-17/h4-8,15-16,18,20-21H,9-14H2,1-3H3. The van der Waals surface area contributed by atoms with Crippen molar-refractivity contribution in [1.82, 2.24) is 15.8 Å². The first-order valence-corrected chi connectivity index (χ1v) is 8.94. The molecule has 0 aliphatic carbocycles. The summed E-state index contributed by atoms with van der Waals surface area (Å²) in [5.41, 5.74) is 8.31. The van der Waals surface area contributed by atoms with Crippen LogP contribution in [0.2, 0.25) is 0 Å². The van der Waals surface area contributed by atoms with Crippen LogP contribution in [0, 0.1) is 5.92 Å². The van der Waals surface area contributed by atoms with E-state index in [0.29, 0.717) is 18.0 Å². The molecule has 0 aromatic heterocycles. The molecular formula is C19H31N3O. The number of hydrazine groups is 1. The molecule has 128 valence electrons. The van der Waals surface area contributed by atoms with Crippen molar-refractivity contribution in [2.45, 2.75) is 44.2 Å². The first-order chi connectivity index (χ1) is 11.1. The summed E-state index contributed by atoms with van der Waals surface area (Å²) in [7, 11) is 2.26. The maximum absolute atomic E-state index is 5.78. The van der Waals surface area contributed by atoms with E-state index in [9.17, 15) is 0 Å². The lowest BCUT2D eigenvalue weighted by atomic mass is 9.79. The number of rotatable bonds is 6. The quantitative estimate of drug-likeness (QED) is 0.843. The van der Waals surface area contributed by atoms with Crippen LogP contribution in [-0.4, -0.2) is 50.3 Å². The molecule has 0 bridgehead atoms. The van der Waals surface area contributed by atoms with Crippen LogP contribution in [0.25, 0.3) is 0 Å². The zero-order chi connectivity index (χ0) is 16.3. The van der Waals surface area contributed by atoms with Crippen LogP contribution >= 0.6 is 0 Å². The zero-order valence-corrected chi connectivity index (χ0v) is 14.7. The Morgan fingerprint density at radius 2 is 1.87 bits per heavy atom. The van der Waals surface area contributed by atoms with Crippen molar-refractivity contribution in [3.8, 4) is 0 Å². The van der Waals surface area contributed by atoms with Gasteiger partial charge in [0.05, 0.1) is 6.61 Å². The van der Waals surface area contributed by atoms with E-state index in [2.05, 4.69) is 67.0 Å². The van der Waals surface area contributed by atoms with Crippen molar-refractivity contribution in [3.05, 3.63) is 35.9 Å². The molecule has 2 aliphatic heterocycles. The van der Waals surface area contributed by atoms with Crippen LogP contribution in [0.15, 0.2) is 30.3 Å². The predicted molar refractivity (Wildman–Crippen MR) is 94.4 cm³/mol. The number of likely N-dealkylation sites (N-methyl/N-ethyl adjacent to an activating group) is 1.